The fourth-order valence-electron chi connectivity index (χ4n) is 2.40. The van der Waals surface area contributed by atoms with Gasteiger partial charge in [0.15, 0.2) is 11.6 Å². The second-order valence-corrected chi connectivity index (χ2v) is 5.80. The van der Waals surface area contributed by atoms with Crippen molar-refractivity contribution in [2.45, 2.75) is 13.2 Å². The molecule has 140 valence electrons. The number of aromatic amines is 1. The SMILES string of the molecule is COc1ccc(COc2cc(=O)c(OCc3ccc(OC)cc3)c[nH]2)cc1. The fraction of sp³-hybridized carbons (Fsp3) is 0.190. The van der Waals surface area contributed by atoms with Crippen LogP contribution in [0.1, 0.15) is 11.1 Å². The molecule has 6 nitrogen and oxygen atoms in total. The Balaban J connectivity index is 1.56. The van der Waals surface area contributed by atoms with E-state index in [1.165, 1.54) is 12.3 Å². The zero-order chi connectivity index (χ0) is 19.1. The van der Waals surface area contributed by atoms with Gasteiger partial charge in [0.05, 0.1) is 20.4 Å². The molecule has 0 saturated carbocycles. The van der Waals surface area contributed by atoms with Crippen LogP contribution in [0.3, 0.4) is 0 Å². The molecular weight excluding hydrogens is 346 g/mol. The highest BCUT2D eigenvalue weighted by atomic mass is 16.5. The number of aromatic nitrogens is 1. The zero-order valence-electron chi connectivity index (χ0n) is 15.2. The van der Waals surface area contributed by atoms with E-state index in [9.17, 15) is 4.79 Å². The van der Waals surface area contributed by atoms with Crippen molar-refractivity contribution in [1.82, 2.24) is 4.98 Å². The molecule has 6 heteroatoms. The van der Waals surface area contributed by atoms with Crippen LogP contribution >= 0.6 is 0 Å². The Hall–Kier alpha value is -3.41. The van der Waals surface area contributed by atoms with Crippen LogP contribution in [0.25, 0.3) is 0 Å². The van der Waals surface area contributed by atoms with Gasteiger partial charge < -0.3 is 23.9 Å². The minimum absolute atomic E-state index is 0.239. The Labute approximate surface area is 157 Å². The van der Waals surface area contributed by atoms with Crippen molar-refractivity contribution in [3.05, 3.63) is 82.1 Å². The summed E-state index contributed by atoms with van der Waals surface area (Å²) in [6.07, 6.45) is 1.51. The van der Waals surface area contributed by atoms with Gasteiger partial charge in [-0.05, 0) is 35.4 Å². The standard InChI is InChI=1S/C21H21NO5/c1-24-17-7-3-15(4-8-17)13-26-20-12-22-21(11-19(20)23)27-14-16-5-9-18(25-2)10-6-16/h3-12H,13-14H2,1-2H3,(H,22,23). The van der Waals surface area contributed by atoms with Crippen LogP contribution in [0.2, 0.25) is 0 Å². The number of rotatable bonds is 8. The smallest absolute Gasteiger partial charge is 0.227 e. The van der Waals surface area contributed by atoms with Gasteiger partial charge in [0.2, 0.25) is 5.43 Å². The van der Waals surface area contributed by atoms with E-state index >= 15 is 0 Å². The number of hydrogen-bond donors (Lipinski definition) is 1. The van der Waals surface area contributed by atoms with E-state index in [0.717, 1.165) is 22.6 Å². The van der Waals surface area contributed by atoms with Crippen LogP contribution in [0.5, 0.6) is 23.1 Å². The number of ether oxygens (including phenoxy) is 4. The number of nitrogens with one attached hydrogen (secondary N) is 1. The normalized spacial score (nSPS) is 10.3. The second kappa shape index (κ2) is 8.80. The van der Waals surface area contributed by atoms with Crippen molar-refractivity contribution < 1.29 is 18.9 Å². The van der Waals surface area contributed by atoms with Crippen molar-refractivity contribution in [2.24, 2.45) is 0 Å². The highest BCUT2D eigenvalue weighted by molar-refractivity contribution is 5.29. The topological polar surface area (TPSA) is 69.8 Å². The summed E-state index contributed by atoms with van der Waals surface area (Å²) < 4.78 is 21.4. The minimum Gasteiger partial charge on any atom is -0.497 e. The van der Waals surface area contributed by atoms with Gasteiger partial charge in [-0.2, -0.15) is 0 Å². The number of hydrogen-bond acceptors (Lipinski definition) is 5. The first kappa shape index (κ1) is 18.4. The summed E-state index contributed by atoms with van der Waals surface area (Å²) in [6.45, 7) is 0.630. The van der Waals surface area contributed by atoms with E-state index in [4.69, 9.17) is 18.9 Å². The summed E-state index contributed by atoms with van der Waals surface area (Å²) in [6, 6.07) is 16.4. The van der Waals surface area contributed by atoms with Gasteiger partial charge >= 0.3 is 0 Å². The molecule has 0 spiro atoms. The molecule has 3 rings (SSSR count). The van der Waals surface area contributed by atoms with Crippen LogP contribution in [-0.2, 0) is 13.2 Å². The van der Waals surface area contributed by atoms with Crippen molar-refractivity contribution in [2.75, 3.05) is 14.2 Å². The lowest BCUT2D eigenvalue weighted by Gasteiger charge is -2.09. The van der Waals surface area contributed by atoms with Crippen molar-refractivity contribution >= 4 is 0 Å². The Kier molecular flexibility index (Phi) is 5.99. The van der Waals surface area contributed by atoms with Crippen LogP contribution in [-0.4, -0.2) is 19.2 Å². The monoisotopic (exact) mass is 367 g/mol. The number of methoxy groups -OCH3 is 2. The molecule has 2 aromatic carbocycles. The van der Waals surface area contributed by atoms with Crippen LogP contribution in [0.15, 0.2) is 65.6 Å². The molecule has 0 radical (unpaired) electrons. The maximum atomic E-state index is 12.2. The Morgan fingerprint density at radius 3 is 1.78 bits per heavy atom. The highest BCUT2D eigenvalue weighted by Gasteiger charge is 2.05. The number of pyridine rings is 1. The molecule has 0 saturated heterocycles. The molecule has 0 atom stereocenters. The summed E-state index contributed by atoms with van der Waals surface area (Å²) in [4.78, 5) is 15.1. The van der Waals surface area contributed by atoms with E-state index in [-0.39, 0.29) is 11.2 Å². The molecule has 1 aromatic heterocycles. The molecule has 0 amide bonds. The molecule has 0 bridgehead atoms. The lowest BCUT2D eigenvalue weighted by atomic mass is 10.2. The molecule has 1 N–H and O–H groups in total. The molecule has 27 heavy (non-hydrogen) atoms. The largest absolute Gasteiger partial charge is 0.497 e. The van der Waals surface area contributed by atoms with Gasteiger partial charge in [0.25, 0.3) is 0 Å². The maximum Gasteiger partial charge on any atom is 0.227 e. The Morgan fingerprint density at radius 1 is 0.778 bits per heavy atom. The fourth-order valence-corrected chi connectivity index (χ4v) is 2.40. The van der Waals surface area contributed by atoms with E-state index in [1.807, 2.05) is 48.5 Å². The van der Waals surface area contributed by atoms with Gasteiger partial charge in [-0.15, -0.1) is 0 Å². The summed E-state index contributed by atoms with van der Waals surface area (Å²) in [5.74, 6) is 2.18. The minimum atomic E-state index is -0.244. The van der Waals surface area contributed by atoms with Gasteiger partial charge in [0.1, 0.15) is 24.7 Å². The molecular formula is C21H21NO5. The first-order chi connectivity index (χ1) is 13.2. The van der Waals surface area contributed by atoms with Crippen molar-refractivity contribution in [3.8, 4) is 23.1 Å². The van der Waals surface area contributed by atoms with Gasteiger partial charge in [-0.3, -0.25) is 4.79 Å². The molecule has 1 heterocycles. The predicted octanol–water partition coefficient (Wildman–Crippen LogP) is 3.55. The quantitative estimate of drug-likeness (QED) is 0.659. The Morgan fingerprint density at radius 2 is 1.30 bits per heavy atom. The summed E-state index contributed by atoms with van der Waals surface area (Å²) in [5, 5.41) is 0. The lowest BCUT2D eigenvalue weighted by molar-refractivity contribution is 0.284. The lowest BCUT2D eigenvalue weighted by Crippen LogP contribution is -2.09. The first-order valence-corrected chi connectivity index (χ1v) is 8.42. The van der Waals surface area contributed by atoms with Crippen LogP contribution in [0, 0.1) is 0 Å². The average molecular weight is 367 g/mol. The van der Waals surface area contributed by atoms with E-state index < -0.39 is 0 Å². The van der Waals surface area contributed by atoms with Gasteiger partial charge in [-0.1, -0.05) is 24.3 Å². The predicted molar refractivity (Wildman–Crippen MR) is 102 cm³/mol. The molecule has 0 aliphatic rings. The van der Waals surface area contributed by atoms with Crippen LogP contribution < -0.4 is 24.4 Å². The average Bonchev–Trinajstić information content (AvgIpc) is 2.72. The molecule has 0 aliphatic carbocycles. The summed E-state index contributed by atoms with van der Waals surface area (Å²) in [5.41, 5.74) is 1.67. The Bertz CT molecular complexity index is 917. The summed E-state index contributed by atoms with van der Waals surface area (Å²) in [7, 11) is 3.23. The zero-order valence-corrected chi connectivity index (χ0v) is 15.2. The molecule has 0 unspecified atom stereocenters. The maximum absolute atomic E-state index is 12.2. The highest BCUT2D eigenvalue weighted by Crippen LogP contribution is 2.16. The van der Waals surface area contributed by atoms with E-state index in [1.54, 1.807) is 14.2 Å². The number of benzene rings is 2. The third kappa shape index (κ3) is 5.04. The third-order valence-electron chi connectivity index (χ3n) is 3.96. The van der Waals surface area contributed by atoms with E-state index in [0.29, 0.717) is 19.1 Å². The third-order valence-corrected chi connectivity index (χ3v) is 3.96. The second-order valence-electron chi connectivity index (χ2n) is 5.80. The van der Waals surface area contributed by atoms with Gasteiger partial charge in [0, 0.05) is 6.07 Å². The first-order valence-electron chi connectivity index (χ1n) is 8.42. The molecule has 0 fully saturated rings. The molecule has 0 aliphatic heterocycles. The van der Waals surface area contributed by atoms with Gasteiger partial charge in [-0.25, -0.2) is 0 Å². The van der Waals surface area contributed by atoms with Crippen molar-refractivity contribution in [1.29, 1.82) is 0 Å². The molecule has 3 aromatic rings. The summed E-state index contributed by atoms with van der Waals surface area (Å²) >= 11 is 0. The van der Waals surface area contributed by atoms with Crippen molar-refractivity contribution in [3.63, 3.8) is 0 Å². The number of H-pyrrole nitrogens is 1. The van der Waals surface area contributed by atoms with E-state index in [2.05, 4.69) is 4.98 Å². The van der Waals surface area contributed by atoms with Crippen LogP contribution in [0.4, 0.5) is 0 Å².